The molecule has 43 heavy (non-hydrogen) atoms. The van der Waals surface area contributed by atoms with E-state index in [1.807, 2.05) is 6.07 Å². The molecule has 0 radical (unpaired) electrons. The Kier molecular flexibility index (Phi) is 5.45. The number of amides is 4. The van der Waals surface area contributed by atoms with Crippen molar-refractivity contribution in [2.45, 2.75) is 0 Å². The summed E-state index contributed by atoms with van der Waals surface area (Å²) in [6.45, 7) is 7.37. The molecule has 0 aromatic heterocycles. The fraction of sp³-hybridized carbons (Fsp3) is 0. The molecule has 5 aromatic rings. The zero-order valence-corrected chi connectivity index (χ0v) is 22.0. The lowest BCUT2D eigenvalue weighted by molar-refractivity contribution is 0.0871. The molecule has 0 atom stereocenters. The van der Waals surface area contributed by atoms with E-state index in [1.54, 1.807) is 42.5 Å². The molecule has 0 bridgehead atoms. The number of benzene rings is 5. The first-order chi connectivity index (χ1) is 20.8. The van der Waals surface area contributed by atoms with E-state index < -0.39 is 29.4 Å². The van der Waals surface area contributed by atoms with Crippen molar-refractivity contribution in [1.29, 1.82) is 5.26 Å². The number of phenolic OH excluding ortho intramolecular Hbond substituents is 1. The summed E-state index contributed by atoms with van der Waals surface area (Å²) in [7, 11) is 0. The second-order valence-corrected chi connectivity index (χ2v) is 9.97. The standard InChI is InChI=1S/C34H16N4O5/c1-36-20-10-6-12-22(14-20)38-32(41)25-16-26(39)30-28-24(31(40)37(34(30)43)21-11-5-7-18(13-21)17-35)15-23(19-8-3-2-4-9-19)29(27(25)28)33(38)42/h2-16,39H. The van der Waals surface area contributed by atoms with Crippen molar-refractivity contribution in [2.75, 3.05) is 9.80 Å². The monoisotopic (exact) mass is 560 g/mol. The molecule has 2 aliphatic heterocycles. The molecule has 2 aliphatic rings. The molecule has 0 fully saturated rings. The van der Waals surface area contributed by atoms with Crippen LogP contribution in [0.5, 0.6) is 5.75 Å². The SMILES string of the molecule is [C-]#[N+]c1cccc(N2C(=O)c3cc(O)c4c5c(cc(-c6ccccc6)c(c35)C2=O)C(=O)N(c2cccc(C#N)c2)C4=O)c1. The second kappa shape index (κ2) is 9.23. The molecule has 9 heteroatoms. The van der Waals surface area contributed by atoms with E-state index in [2.05, 4.69) is 4.85 Å². The maximum absolute atomic E-state index is 14.3. The van der Waals surface area contributed by atoms with Gasteiger partial charge in [0.1, 0.15) is 5.75 Å². The Labute approximate surface area is 243 Å². The molecule has 1 N–H and O–H groups in total. The van der Waals surface area contributed by atoms with Crippen molar-refractivity contribution in [3.63, 3.8) is 0 Å². The van der Waals surface area contributed by atoms with Crippen LogP contribution in [0.4, 0.5) is 17.1 Å². The lowest BCUT2D eigenvalue weighted by atomic mass is 9.81. The van der Waals surface area contributed by atoms with Gasteiger partial charge in [0.15, 0.2) is 5.69 Å². The molecule has 4 amide bonds. The maximum atomic E-state index is 14.3. The van der Waals surface area contributed by atoms with Gasteiger partial charge in [0.05, 0.1) is 40.6 Å². The number of nitrogens with zero attached hydrogens (tertiary/aromatic N) is 4. The van der Waals surface area contributed by atoms with Crippen LogP contribution in [0, 0.1) is 17.9 Å². The first-order valence-corrected chi connectivity index (χ1v) is 13.0. The van der Waals surface area contributed by atoms with Gasteiger partial charge in [0, 0.05) is 22.0 Å². The number of phenols is 1. The summed E-state index contributed by atoms with van der Waals surface area (Å²) >= 11 is 0. The minimum atomic E-state index is -0.859. The first kappa shape index (κ1) is 25.4. The quantitative estimate of drug-likeness (QED) is 0.206. The van der Waals surface area contributed by atoms with Crippen molar-refractivity contribution in [3.8, 4) is 22.9 Å². The van der Waals surface area contributed by atoms with E-state index in [1.165, 1.54) is 42.5 Å². The van der Waals surface area contributed by atoms with Crippen molar-refractivity contribution < 1.29 is 24.3 Å². The van der Waals surface area contributed by atoms with Crippen molar-refractivity contribution in [2.24, 2.45) is 0 Å². The van der Waals surface area contributed by atoms with Gasteiger partial charge in [0.2, 0.25) is 0 Å². The van der Waals surface area contributed by atoms with Gasteiger partial charge >= 0.3 is 0 Å². The number of hydrogen-bond donors (Lipinski definition) is 1. The third-order valence-electron chi connectivity index (χ3n) is 7.62. The molecule has 9 nitrogen and oxygen atoms in total. The van der Waals surface area contributed by atoms with Crippen LogP contribution < -0.4 is 9.80 Å². The average Bonchev–Trinajstić information content (AvgIpc) is 3.03. The molecular weight excluding hydrogens is 544 g/mol. The van der Waals surface area contributed by atoms with Crippen LogP contribution in [0.15, 0.2) is 91.0 Å². The van der Waals surface area contributed by atoms with Gasteiger partial charge in [-0.3, -0.25) is 19.2 Å². The van der Waals surface area contributed by atoms with E-state index in [9.17, 15) is 29.5 Å². The Bertz CT molecular complexity index is 2210. The fourth-order valence-electron chi connectivity index (χ4n) is 5.78. The van der Waals surface area contributed by atoms with E-state index in [0.717, 1.165) is 15.9 Å². The Balaban J connectivity index is 1.57. The highest BCUT2D eigenvalue weighted by molar-refractivity contribution is 6.44. The summed E-state index contributed by atoms with van der Waals surface area (Å²) in [5.41, 5.74) is 1.45. The summed E-state index contributed by atoms with van der Waals surface area (Å²) in [6, 6.07) is 25.5. The van der Waals surface area contributed by atoms with Gasteiger partial charge < -0.3 is 5.11 Å². The smallest absolute Gasteiger partial charge is 0.269 e. The van der Waals surface area contributed by atoms with Crippen LogP contribution in [0.3, 0.4) is 0 Å². The second-order valence-electron chi connectivity index (χ2n) is 9.97. The van der Waals surface area contributed by atoms with Crippen LogP contribution in [0.1, 0.15) is 47.0 Å². The summed E-state index contributed by atoms with van der Waals surface area (Å²) in [5.74, 6) is -3.62. The summed E-state index contributed by atoms with van der Waals surface area (Å²) < 4.78 is 0. The lowest BCUT2D eigenvalue weighted by Gasteiger charge is -2.33. The van der Waals surface area contributed by atoms with Gasteiger partial charge in [-0.05, 0) is 53.6 Å². The molecule has 0 saturated heterocycles. The Hall–Kier alpha value is -6.58. The molecular formula is C34H16N4O5. The van der Waals surface area contributed by atoms with Crippen molar-refractivity contribution in [1.82, 2.24) is 0 Å². The summed E-state index contributed by atoms with van der Waals surface area (Å²) in [6.07, 6.45) is 0. The molecule has 0 unspecified atom stereocenters. The molecule has 0 saturated carbocycles. The highest BCUT2D eigenvalue weighted by Crippen LogP contribution is 2.47. The van der Waals surface area contributed by atoms with Crippen molar-refractivity contribution >= 4 is 51.5 Å². The van der Waals surface area contributed by atoms with Crippen LogP contribution in [0.25, 0.3) is 26.7 Å². The highest BCUT2D eigenvalue weighted by atomic mass is 16.3. The zero-order chi connectivity index (χ0) is 30.0. The van der Waals surface area contributed by atoms with Crippen LogP contribution >= 0.6 is 0 Å². The number of aromatic hydroxyl groups is 1. The largest absolute Gasteiger partial charge is 0.507 e. The fourth-order valence-corrected chi connectivity index (χ4v) is 5.78. The molecule has 2 heterocycles. The number of hydrogen-bond acceptors (Lipinski definition) is 6. The summed E-state index contributed by atoms with van der Waals surface area (Å²) in [5, 5.41) is 20.7. The molecule has 7 rings (SSSR count). The average molecular weight is 561 g/mol. The third-order valence-corrected chi connectivity index (χ3v) is 7.62. The molecule has 0 aliphatic carbocycles. The number of imide groups is 2. The Morgan fingerprint density at radius 1 is 0.651 bits per heavy atom. The van der Waals surface area contributed by atoms with Crippen LogP contribution in [-0.4, -0.2) is 28.7 Å². The molecule has 202 valence electrons. The van der Waals surface area contributed by atoms with Crippen LogP contribution in [0.2, 0.25) is 0 Å². The van der Waals surface area contributed by atoms with Gasteiger partial charge in [-0.15, -0.1) is 0 Å². The van der Waals surface area contributed by atoms with Gasteiger partial charge in [-0.2, -0.15) is 5.26 Å². The normalized spacial score (nSPS) is 13.7. The van der Waals surface area contributed by atoms with Gasteiger partial charge in [0.25, 0.3) is 23.6 Å². The minimum Gasteiger partial charge on any atom is -0.507 e. The number of rotatable bonds is 3. The van der Waals surface area contributed by atoms with Crippen LogP contribution in [-0.2, 0) is 0 Å². The number of anilines is 2. The maximum Gasteiger partial charge on any atom is 0.269 e. The van der Waals surface area contributed by atoms with E-state index >= 15 is 0 Å². The number of carbonyl (C=O) groups is 4. The van der Waals surface area contributed by atoms with Gasteiger partial charge in [-0.1, -0.05) is 48.5 Å². The van der Waals surface area contributed by atoms with E-state index in [0.29, 0.717) is 11.1 Å². The van der Waals surface area contributed by atoms with E-state index in [-0.39, 0.29) is 55.7 Å². The third kappa shape index (κ3) is 3.56. The predicted octanol–water partition coefficient (Wildman–Crippen LogP) is 6.24. The number of carbonyl (C=O) groups excluding carboxylic acids is 4. The molecule has 5 aromatic carbocycles. The van der Waals surface area contributed by atoms with Gasteiger partial charge in [-0.25, -0.2) is 14.6 Å². The van der Waals surface area contributed by atoms with E-state index in [4.69, 9.17) is 6.57 Å². The highest BCUT2D eigenvalue weighted by Gasteiger charge is 2.44. The predicted molar refractivity (Wildman–Crippen MR) is 157 cm³/mol. The minimum absolute atomic E-state index is 0.00336. The number of nitriles is 1. The first-order valence-electron chi connectivity index (χ1n) is 13.0. The zero-order valence-electron chi connectivity index (χ0n) is 22.0. The topological polar surface area (TPSA) is 123 Å². The molecule has 0 spiro atoms. The lowest BCUT2D eigenvalue weighted by Crippen LogP contribution is -2.44. The summed E-state index contributed by atoms with van der Waals surface area (Å²) in [4.78, 5) is 61.5. The van der Waals surface area contributed by atoms with Crippen molar-refractivity contribution in [3.05, 3.63) is 130 Å². The Morgan fingerprint density at radius 2 is 1.26 bits per heavy atom. The Morgan fingerprint density at radius 3 is 1.93 bits per heavy atom.